The van der Waals surface area contributed by atoms with Gasteiger partial charge in [0.2, 0.25) is 0 Å². The highest BCUT2D eigenvalue weighted by atomic mass is 32.1. The van der Waals surface area contributed by atoms with Crippen LogP contribution in [0.3, 0.4) is 0 Å². The van der Waals surface area contributed by atoms with E-state index in [9.17, 15) is 4.79 Å². The zero-order valence-corrected chi connectivity index (χ0v) is 16.6. The molecule has 27 heavy (non-hydrogen) atoms. The van der Waals surface area contributed by atoms with E-state index in [1.54, 1.807) is 32.4 Å². The predicted molar refractivity (Wildman–Crippen MR) is 110 cm³/mol. The number of anilines is 2. The minimum atomic E-state index is -0.281. The van der Waals surface area contributed by atoms with Crippen LogP contribution < -0.4 is 20.5 Å². The van der Waals surface area contributed by atoms with Crippen molar-refractivity contribution in [3.8, 4) is 11.5 Å². The molecule has 2 aromatic heterocycles. The van der Waals surface area contributed by atoms with Gasteiger partial charge in [0.05, 0.1) is 19.9 Å². The van der Waals surface area contributed by atoms with Gasteiger partial charge in [-0.3, -0.25) is 4.79 Å². The monoisotopic (exact) mass is 385 g/mol. The number of amides is 1. The molecule has 0 atom stereocenters. The number of nitrogens with zero attached hydrogens (tertiary/aromatic N) is 1. The minimum Gasteiger partial charge on any atom is -0.497 e. The Labute approximate surface area is 162 Å². The van der Waals surface area contributed by atoms with Crippen LogP contribution >= 0.6 is 11.3 Å². The number of nitrogen functional groups attached to an aromatic ring is 1. The molecule has 0 unspecified atom stereocenters. The first kappa shape index (κ1) is 19.0. The smallest absolute Gasteiger partial charge is 0.267 e. The molecule has 3 aromatic rings. The summed E-state index contributed by atoms with van der Waals surface area (Å²) in [5, 5.41) is 3.67. The molecule has 3 N–H and O–H groups in total. The van der Waals surface area contributed by atoms with Crippen LogP contribution in [0.5, 0.6) is 11.5 Å². The van der Waals surface area contributed by atoms with Gasteiger partial charge in [-0.15, -0.1) is 11.3 Å². The molecule has 2 heterocycles. The Bertz CT molecular complexity index is 960. The lowest BCUT2D eigenvalue weighted by Gasteiger charge is -2.09. The number of aromatic nitrogens is 1. The first-order valence-corrected chi connectivity index (χ1v) is 9.45. The number of carbonyl (C=O) groups is 1. The molecule has 0 bridgehead atoms. The Morgan fingerprint density at radius 2 is 1.85 bits per heavy atom. The number of fused-ring (bicyclic) bond motifs is 1. The quantitative estimate of drug-likeness (QED) is 0.659. The van der Waals surface area contributed by atoms with Crippen molar-refractivity contribution in [3.05, 3.63) is 40.9 Å². The summed E-state index contributed by atoms with van der Waals surface area (Å²) in [4.78, 5) is 18.7. The molecule has 0 spiro atoms. The normalized spacial score (nSPS) is 11.0. The molecule has 0 saturated heterocycles. The summed E-state index contributed by atoms with van der Waals surface area (Å²) in [6.07, 6.45) is 0.888. The van der Waals surface area contributed by atoms with Crippen LogP contribution in [0.25, 0.3) is 10.2 Å². The number of nitrogens with two attached hydrogens (primary N) is 1. The molecule has 0 aliphatic rings. The fraction of sp³-hybridized carbons (Fsp3) is 0.300. The number of pyridine rings is 1. The molecule has 0 radical (unpaired) electrons. The Kier molecular flexibility index (Phi) is 5.51. The maximum atomic E-state index is 12.8. The Morgan fingerprint density at radius 3 is 2.44 bits per heavy atom. The lowest BCUT2D eigenvalue weighted by Crippen LogP contribution is -2.12. The summed E-state index contributed by atoms with van der Waals surface area (Å²) in [6, 6.07) is 9.10. The van der Waals surface area contributed by atoms with E-state index < -0.39 is 0 Å². The van der Waals surface area contributed by atoms with Crippen LogP contribution in [0.1, 0.15) is 29.2 Å². The van der Waals surface area contributed by atoms with E-state index in [1.165, 1.54) is 11.3 Å². The Morgan fingerprint density at radius 1 is 1.19 bits per heavy atom. The fourth-order valence-corrected chi connectivity index (χ4v) is 3.81. The molecule has 0 aliphatic carbocycles. The van der Waals surface area contributed by atoms with E-state index in [0.717, 1.165) is 22.3 Å². The first-order chi connectivity index (χ1) is 12.9. The van der Waals surface area contributed by atoms with Crippen LogP contribution in [0, 0.1) is 5.92 Å². The van der Waals surface area contributed by atoms with Crippen molar-refractivity contribution < 1.29 is 14.3 Å². The fourth-order valence-electron chi connectivity index (χ4n) is 2.80. The van der Waals surface area contributed by atoms with Crippen LogP contribution in [0.4, 0.5) is 11.4 Å². The molecule has 0 aliphatic heterocycles. The summed E-state index contributed by atoms with van der Waals surface area (Å²) in [5.41, 5.74) is 8.24. The molecule has 0 fully saturated rings. The third-order valence-corrected chi connectivity index (χ3v) is 5.20. The van der Waals surface area contributed by atoms with Crippen LogP contribution in [0.2, 0.25) is 0 Å². The Balaban J connectivity index is 1.90. The maximum Gasteiger partial charge on any atom is 0.267 e. The third kappa shape index (κ3) is 4.14. The van der Waals surface area contributed by atoms with Crippen LogP contribution in [-0.2, 0) is 6.42 Å². The number of methoxy groups -OCH3 is 2. The summed E-state index contributed by atoms with van der Waals surface area (Å²) in [6.45, 7) is 4.30. The van der Waals surface area contributed by atoms with Crippen LogP contribution in [-0.4, -0.2) is 25.1 Å². The molecule has 1 aromatic carbocycles. The van der Waals surface area contributed by atoms with Crippen molar-refractivity contribution in [1.29, 1.82) is 0 Å². The van der Waals surface area contributed by atoms with Gasteiger partial charge in [-0.25, -0.2) is 4.98 Å². The first-order valence-electron chi connectivity index (χ1n) is 8.63. The van der Waals surface area contributed by atoms with Gasteiger partial charge in [0.15, 0.2) is 0 Å². The molecule has 3 rings (SSSR count). The number of hydrogen-bond donors (Lipinski definition) is 2. The highest BCUT2D eigenvalue weighted by Gasteiger charge is 2.18. The number of thiophene rings is 1. The molecule has 7 heteroatoms. The van der Waals surface area contributed by atoms with Crippen molar-refractivity contribution in [3.63, 3.8) is 0 Å². The molecule has 142 valence electrons. The van der Waals surface area contributed by atoms with E-state index in [4.69, 9.17) is 15.2 Å². The van der Waals surface area contributed by atoms with E-state index in [0.29, 0.717) is 33.7 Å². The number of carbonyl (C=O) groups excluding carboxylic acids is 1. The van der Waals surface area contributed by atoms with Crippen molar-refractivity contribution in [2.24, 2.45) is 5.92 Å². The second-order valence-electron chi connectivity index (χ2n) is 6.65. The zero-order chi connectivity index (χ0) is 19.6. The highest BCUT2D eigenvalue weighted by molar-refractivity contribution is 7.21. The maximum absolute atomic E-state index is 12.8. The van der Waals surface area contributed by atoms with E-state index >= 15 is 0 Å². The van der Waals surface area contributed by atoms with Gasteiger partial charge in [-0.1, -0.05) is 13.8 Å². The number of rotatable bonds is 6. The molecule has 0 saturated carbocycles. The van der Waals surface area contributed by atoms with Gasteiger partial charge >= 0.3 is 0 Å². The average molecular weight is 385 g/mol. The lowest BCUT2D eigenvalue weighted by molar-refractivity contribution is 0.103. The largest absolute Gasteiger partial charge is 0.497 e. The minimum absolute atomic E-state index is 0.281. The van der Waals surface area contributed by atoms with Gasteiger partial charge in [-0.05, 0) is 24.5 Å². The van der Waals surface area contributed by atoms with Gasteiger partial charge in [0, 0.05) is 35.0 Å². The second kappa shape index (κ2) is 7.84. The van der Waals surface area contributed by atoms with Crippen molar-refractivity contribution >= 4 is 38.8 Å². The molecular formula is C20H23N3O3S. The van der Waals surface area contributed by atoms with E-state index in [1.807, 2.05) is 12.1 Å². The number of ether oxygens (including phenoxy) is 2. The number of hydrogen-bond acceptors (Lipinski definition) is 6. The summed E-state index contributed by atoms with van der Waals surface area (Å²) < 4.78 is 10.5. The average Bonchev–Trinajstić information content (AvgIpc) is 2.97. The van der Waals surface area contributed by atoms with Crippen molar-refractivity contribution in [1.82, 2.24) is 4.98 Å². The zero-order valence-electron chi connectivity index (χ0n) is 15.8. The van der Waals surface area contributed by atoms with E-state index in [-0.39, 0.29) is 5.91 Å². The molecular weight excluding hydrogens is 362 g/mol. The summed E-state index contributed by atoms with van der Waals surface area (Å²) in [7, 11) is 3.12. The van der Waals surface area contributed by atoms with Crippen molar-refractivity contribution in [2.75, 3.05) is 25.3 Å². The lowest BCUT2D eigenvalue weighted by atomic mass is 10.1. The highest BCUT2D eigenvalue weighted by Crippen LogP contribution is 2.34. The predicted octanol–water partition coefficient (Wildman–Crippen LogP) is 4.35. The SMILES string of the molecule is COc1cc(NC(=O)c2sc3nc(CC(C)C)ccc3c2N)cc(OC)c1. The van der Waals surface area contributed by atoms with Gasteiger partial charge in [0.25, 0.3) is 5.91 Å². The Hall–Kier alpha value is -2.80. The van der Waals surface area contributed by atoms with Gasteiger partial charge in [-0.2, -0.15) is 0 Å². The molecule has 1 amide bonds. The number of nitrogens with one attached hydrogen (secondary N) is 1. The third-order valence-electron chi connectivity index (χ3n) is 4.08. The topological polar surface area (TPSA) is 86.5 Å². The second-order valence-corrected chi connectivity index (χ2v) is 7.65. The van der Waals surface area contributed by atoms with Crippen molar-refractivity contribution in [2.45, 2.75) is 20.3 Å². The standard InChI is InChI=1S/C20H23N3O3S/c1-11(2)7-12-5-6-16-17(21)18(27-20(16)23-12)19(24)22-13-8-14(25-3)10-15(9-13)26-4/h5-6,8-11H,7,21H2,1-4H3,(H,22,24). The van der Waals surface area contributed by atoms with Gasteiger partial charge < -0.3 is 20.5 Å². The van der Waals surface area contributed by atoms with Crippen LogP contribution in [0.15, 0.2) is 30.3 Å². The summed E-state index contributed by atoms with van der Waals surface area (Å²) >= 11 is 1.30. The molecule has 6 nitrogen and oxygen atoms in total. The van der Waals surface area contributed by atoms with E-state index in [2.05, 4.69) is 24.1 Å². The number of benzene rings is 1. The summed E-state index contributed by atoms with van der Waals surface area (Å²) in [5.74, 6) is 1.41. The van der Waals surface area contributed by atoms with Gasteiger partial charge in [0.1, 0.15) is 21.2 Å².